The standard InChI is InChI=1S/C25H28F6N6/c1-4-6-17-12-20-21(9-15(17)2)32-8-5-7-22(20)37(23-33-35-36(3)34-23)14-16-10-18(24(26,27)28)13-19(11-16)25(29,30)31/h9-13,22,32H,4-8,14H2,1-3H3/t22-/m0/s1. The van der Waals surface area contributed by atoms with Gasteiger partial charge in [0, 0.05) is 18.8 Å². The lowest BCUT2D eigenvalue weighted by Crippen LogP contribution is -2.30. The molecule has 0 amide bonds. The summed E-state index contributed by atoms with van der Waals surface area (Å²) in [7, 11) is 1.55. The minimum absolute atomic E-state index is 0.129. The molecule has 6 nitrogen and oxygen atoms in total. The summed E-state index contributed by atoms with van der Waals surface area (Å²) >= 11 is 0. The van der Waals surface area contributed by atoms with Crippen molar-refractivity contribution < 1.29 is 26.3 Å². The van der Waals surface area contributed by atoms with Crippen molar-refractivity contribution in [3.8, 4) is 0 Å². The number of alkyl halides is 6. The van der Waals surface area contributed by atoms with Gasteiger partial charge in [-0.25, -0.2) is 0 Å². The summed E-state index contributed by atoms with van der Waals surface area (Å²) in [6.45, 7) is 4.51. The minimum Gasteiger partial charge on any atom is -0.385 e. The van der Waals surface area contributed by atoms with Crippen LogP contribution in [-0.2, 0) is 32.4 Å². The summed E-state index contributed by atoms with van der Waals surface area (Å²) in [6.07, 6.45) is -6.77. The first-order valence-electron chi connectivity index (χ1n) is 12.0. The summed E-state index contributed by atoms with van der Waals surface area (Å²) in [5.41, 5.74) is 1.19. The van der Waals surface area contributed by atoms with Gasteiger partial charge in [-0.05, 0) is 77.9 Å². The second-order valence-electron chi connectivity index (χ2n) is 9.32. The van der Waals surface area contributed by atoms with Crippen molar-refractivity contribution in [1.82, 2.24) is 20.2 Å². The quantitative estimate of drug-likeness (QED) is 0.374. The molecule has 4 rings (SSSR count). The highest BCUT2D eigenvalue weighted by Gasteiger charge is 2.37. The van der Waals surface area contributed by atoms with Crippen LogP contribution in [0.25, 0.3) is 0 Å². The Bertz CT molecular complexity index is 1220. The Morgan fingerprint density at radius 2 is 1.70 bits per heavy atom. The number of anilines is 2. The average Bonchev–Trinajstić information content (AvgIpc) is 3.14. The molecule has 1 aliphatic heterocycles. The molecule has 1 aliphatic rings. The van der Waals surface area contributed by atoms with Crippen LogP contribution in [-0.4, -0.2) is 26.8 Å². The van der Waals surface area contributed by atoms with E-state index in [0.717, 1.165) is 53.8 Å². The van der Waals surface area contributed by atoms with E-state index in [1.54, 1.807) is 11.9 Å². The van der Waals surface area contributed by atoms with Crippen molar-refractivity contribution in [3.63, 3.8) is 0 Å². The molecule has 1 atom stereocenters. The lowest BCUT2D eigenvalue weighted by molar-refractivity contribution is -0.143. The van der Waals surface area contributed by atoms with Gasteiger partial charge in [0.2, 0.25) is 0 Å². The Balaban J connectivity index is 1.85. The van der Waals surface area contributed by atoms with Crippen molar-refractivity contribution in [1.29, 1.82) is 0 Å². The highest BCUT2D eigenvalue weighted by atomic mass is 19.4. The predicted octanol–water partition coefficient (Wildman–Crippen LogP) is 6.46. The number of hydrogen-bond acceptors (Lipinski definition) is 5. The molecule has 0 saturated carbocycles. The van der Waals surface area contributed by atoms with Crippen molar-refractivity contribution >= 4 is 11.6 Å². The molecule has 12 heteroatoms. The van der Waals surface area contributed by atoms with Gasteiger partial charge in [0.25, 0.3) is 5.95 Å². The number of aromatic nitrogens is 4. The average molecular weight is 527 g/mol. The van der Waals surface area contributed by atoms with Gasteiger partial charge in [0.1, 0.15) is 0 Å². The first-order valence-corrected chi connectivity index (χ1v) is 12.0. The third-order valence-corrected chi connectivity index (χ3v) is 6.49. The fourth-order valence-corrected chi connectivity index (χ4v) is 4.75. The largest absolute Gasteiger partial charge is 0.416 e. The lowest BCUT2D eigenvalue weighted by atomic mass is 9.93. The molecule has 0 aliphatic carbocycles. The molecule has 0 spiro atoms. The van der Waals surface area contributed by atoms with Crippen LogP contribution < -0.4 is 10.2 Å². The number of halogens is 6. The Kier molecular flexibility index (Phi) is 7.38. The molecule has 0 saturated heterocycles. The summed E-state index contributed by atoms with van der Waals surface area (Å²) in [5.74, 6) is 0.129. The van der Waals surface area contributed by atoms with Crippen molar-refractivity contribution in [3.05, 3.63) is 63.7 Å². The molecule has 2 heterocycles. The Morgan fingerprint density at radius 1 is 1.03 bits per heavy atom. The van der Waals surface area contributed by atoms with Crippen LogP contribution >= 0.6 is 0 Å². The van der Waals surface area contributed by atoms with Gasteiger partial charge < -0.3 is 10.2 Å². The fraction of sp³-hybridized carbons (Fsp3) is 0.480. The monoisotopic (exact) mass is 526 g/mol. The number of benzene rings is 2. The van der Waals surface area contributed by atoms with Crippen molar-refractivity contribution in [2.24, 2.45) is 7.05 Å². The van der Waals surface area contributed by atoms with E-state index in [4.69, 9.17) is 0 Å². The number of nitrogens with one attached hydrogen (secondary N) is 1. The van der Waals surface area contributed by atoms with E-state index in [9.17, 15) is 26.3 Å². The second-order valence-corrected chi connectivity index (χ2v) is 9.32. The van der Waals surface area contributed by atoms with Gasteiger partial charge in [-0.1, -0.05) is 24.5 Å². The van der Waals surface area contributed by atoms with Gasteiger partial charge in [-0.15, -0.1) is 5.10 Å². The van der Waals surface area contributed by atoms with E-state index in [-0.39, 0.29) is 24.1 Å². The molecular formula is C25H28F6N6. The zero-order chi connectivity index (χ0) is 27.0. The molecule has 200 valence electrons. The maximum absolute atomic E-state index is 13.5. The van der Waals surface area contributed by atoms with E-state index >= 15 is 0 Å². The van der Waals surface area contributed by atoms with Crippen molar-refractivity contribution in [2.45, 2.75) is 64.5 Å². The van der Waals surface area contributed by atoms with Crippen LogP contribution in [0.3, 0.4) is 0 Å². The topological polar surface area (TPSA) is 58.9 Å². The summed E-state index contributed by atoms with van der Waals surface area (Å²) < 4.78 is 81.2. The van der Waals surface area contributed by atoms with E-state index < -0.39 is 29.5 Å². The highest BCUT2D eigenvalue weighted by Crippen LogP contribution is 2.40. The minimum atomic E-state index is -4.93. The van der Waals surface area contributed by atoms with Crippen LogP contribution in [0.1, 0.15) is 65.6 Å². The smallest absolute Gasteiger partial charge is 0.385 e. The summed E-state index contributed by atoms with van der Waals surface area (Å²) in [6, 6.07) is 5.38. The molecule has 1 aromatic heterocycles. The number of nitrogens with zero attached hydrogens (tertiary/aromatic N) is 5. The number of hydrogen-bond donors (Lipinski definition) is 1. The Morgan fingerprint density at radius 3 is 2.27 bits per heavy atom. The number of rotatable bonds is 6. The van der Waals surface area contributed by atoms with E-state index in [2.05, 4.69) is 33.7 Å². The van der Waals surface area contributed by atoms with Gasteiger partial charge in [-0.2, -0.15) is 31.1 Å². The maximum Gasteiger partial charge on any atom is 0.416 e. The van der Waals surface area contributed by atoms with Gasteiger partial charge in [-0.3, -0.25) is 0 Å². The molecule has 0 unspecified atom stereocenters. The molecule has 2 aromatic carbocycles. The molecule has 1 N–H and O–H groups in total. The highest BCUT2D eigenvalue weighted by molar-refractivity contribution is 5.59. The normalized spacial score (nSPS) is 16.2. The molecule has 0 fully saturated rings. The van der Waals surface area contributed by atoms with Crippen molar-refractivity contribution in [2.75, 3.05) is 16.8 Å². The predicted molar refractivity (Wildman–Crippen MR) is 127 cm³/mol. The van der Waals surface area contributed by atoms with Crippen LogP contribution in [0, 0.1) is 6.92 Å². The SMILES string of the molecule is CCCc1cc2c(cc1C)NCCC[C@@H]2N(Cc1cc(C(F)(F)F)cc(C(F)(F)F)c1)c1nnn(C)n1. The zero-order valence-corrected chi connectivity index (χ0v) is 20.7. The number of aryl methyl sites for hydroxylation is 3. The number of fused-ring (bicyclic) bond motifs is 1. The van der Waals surface area contributed by atoms with Crippen LogP contribution in [0.5, 0.6) is 0 Å². The molecule has 0 bridgehead atoms. The van der Waals surface area contributed by atoms with E-state index in [1.165, 1.54) is 4.80 Å². The second kappa shape index (κ2) is 10.2. The first-order chi connectivity index (χ1) is 17.4. The molecule has 3 aromatic rings. The van der Waals surface area contributed by atoms with Gasteiger partial charge in [0.05, 0.1) is 24.2 Å². The Hall–Kier alpha value is -3.31. The van der Waals surface area contributed by atoms with Crippen LogP contribution in [0.2, 0.25) is 0 Å². The van der Waals surface area contributed by atoms with Gasteiger partial charge in [0.15, 0.2) is 0 Å². The Labute approximate surface area is 210 Å². The number of tetrazole rings is 1. The third-order valence-electron chi connectivity index (χ3n) is 6.49. The van der Waals surface area contributed by atoms with Gasteiger partial charge >= 0.3 is 12.4 Å². The third kappa shape index (κ3) is 5.99. The van der Waals surface area contributed by atoms with E-state index in [0.29, 0.717) is 13.0 Å². The first kappa shape index (κ1) is 26.7. The molecular weight excluding hydrogens is 498 g/mol. The van der Waals surface area contributed by atoms with Crippen LogP contribution in [0.15, 0.2) is 30.3 Å². The molecule has 37 heavy (non-hydrogen) atoms. The lowest BCUT2D eigenvalue weighted by Gasteiger charge is -2.32. The zero-order valence-electron chi connectivity index (χ0n) is 20.7. The summed E-state index contributed by atoms with van der Waals surface area (Å²) in [4.78, 5) is 2.86. The maximum atomic E-state index is 13.5. The van der Waals surface area contributed by atoms with Crippen LogP contribution in [0.4, 0.5) is 38.0 Å². The van der Waals surface area contributed by atoms with E-state index in [1.807, 2.05) is 13.0 Å². The fourth-order valence-electron chi connectivity index (χ4n) is 4.75. The molecule has 0 radical (unpaired) electrons. The summed E-state index contributed by atoms with van der Waals surface area (Å²) in [5, 5.41) is 15.6.